The molecule has 3 rings (SSSR count). The van der Waals surface area contributed by atoms with Gasteiger partial charge in [0, 0.05) is 37.2 Å². The van der Waals surface area contributed by atoms with Crippen LogP contribution in [-0.4, -0.2) is 17.9 Å². The summed E-state index contributed by atoms with van der Waals surface area (Å²) in [6.45, 7) is 12.4. The first-order valence-electron chi connectivity index (χ1n) is 11.7. The van der Waals surface area contributed by atoms with E-state index in [9.17, 15) is 14.4 Å². The van der Waals surface area contributed by atoms with Gasteiger partial charge < -0.3 is 14.2 Å². The molecule has 36 heavy (non-hydrogen) atoms. The van der Waals surface area contributed by atoms with Crippen molar-refractivity contribution in [3.05, 3.63) is 89.0 Å². The Morgan fingerprint density at radius 3 is 1.33 bits per heavy atom. The van der Waals surface area contributed by atoms with Crippen LogP contribution in [-0.2, 0) is 25.2 Å². The highest BCUT2D eigenvalue weighted by atomic mass is 16.5. The molecule has 0 radical (unpaired) electrons. The summed E-state index contributed by atoms with van der Waals surface area (Å²) >= 11 is 0. The normalized spacial score (nSPS) is 11.5. The second kappa shape index (κ2) is 10.4. The fourth-order valence-corrected chi connectivity index (χ4v) is 4.18. The molecule has 0 saturated carbocycles. The van der Waals surface area contributed by atoms with Crippen LogP contribution in [0, 0.1) is 0 Å². The number of ether oxygens (including phenoxy) is 3. The molecule has 0 saturated heterocycles. The number of carbonyl (C=O) groups is 3. The lowest BCUT2D eigenvalue weighted by Crippen LogP contribution is -2.24. The highest BCUT2D eigenvalue weighted by molar-refractivity contribution is 5.71. The molecule has 0 aliphatic carbocycles. The van der Waals surface area contributed by atoms with Crippen LogP contribution in [0.1, 0.15) is 70.7 Å². The van der Waals surface area contributed by atoms with Crippen molar-refractivity contribution in [2.45, 2.75) is 59.3 Å². The Hall–Kier alpha value is -3.93. The number of esters is 3. The zero-order valence-corrected chi connectivity index (χ0v) is 21.8. The van der Waals surface area contributed by atoms with E-state index in [1.165, 1.54) is 20.8 Å². The second-order valence-corrected chi connectivity index (χ2v) is 9.79. The highest BCUT2D eigenvalue weighted by Crippen LogP contribution is 2.42. The van der Waals surface area contributed by atoms with E-state index in [0.29, 0.717) is 17.2 Å². The summed E-state index contributed by atoms with van der Waals surface area (Å²) in [7, 11) is 0. The summed E-state index contributed by atoms with van der Waals surface area (Å²) in [6.07, 6.45) is 0. The average Bonchev–Trinajstić information content (AvgIpc) is 2.78. The van der Waals surface area contributed by atoms with E-state index in [2.05, 4.69) is 33.8 Å². The first-order valence-corrected chi connectivity index (χ1v) is 11.7. The first kappa shape index (κ1) is 26.7. The van der Waals surface area contributed by atoms with E-state index < -0.39 is 16.8 Å². The summed E-state index contributed by atoms with van der Waals surface area (Å²) in [5.74, 6) is 0.304. The zero-order valence-electron chi connectivity index (χ0n) is 21.8. The van der Waals surface area contributed by atoms with Gasteiger partial charge in [0.2, 0.25) is 0 Å². The van der Waals surface area contributed by atoms with Crippen molar-refractivity contribution in [3.63, 3.8) is 0 Å². The molecular formula is C30H32O6. The van der Waals surface area contributed by atoms with Crippen LogP contribution >= 0.6 is 0 Å². The van der Waals surface area contributed by atoms with Gasteiger partial charge in [0.15, 0.2) is 0 Å². The van der Waals surface area contributed by atoms with E-state index in [1.54, 1.807) is 24.3 Å². The Kier molecular flexibility index (Phi) is 7.68. The van der Waals surface area contributed by atoms with Crippen LogP contribution in [0.4, 0.5) is 0 Å². The SMILES string of the molecule is CC(=O)Oc1ccc(C(C)(C)c2ccc(OC(C)=O)c(C(C)(C)c3ccc(OC(C)=O)cc3)c2)cc1. The Morgan fingerprint density at radius 2 is 0.917 bits per heavy atom. The summed E-state index contributed by atoms with van der Waals surface area (Å²) < 4.78 is 15.9. The van der Waals surface area contributed by atoms with E-state index in [4.69, 9.17) is 14.2 Å². The Labute approximate surface area is 212 Å². The minimum absolute atomic E-state index is 0.365. The molecule has 3 aromatic carbocycles. The van der Waals surface area contributed by atoms with E-state index in [0.717, 1.165) is 22.3 Å². The van der Waals surface area contributed by atoms with Crippen LogP contribution in [0.3, 0.4) is 0 Å². The first-order chi connectivity index (χ1) is 16.8. The summed E-state index contributed by atoms with van der Waals surface area (Å²) in [6, 6.07) is 20.6. The van der Waals surface area contributed by atoms with Gasteiger partial charge in [-0.25, -0.2) is 0 Å². The van der Waals surface area contributed by atoms with Gasteiger partial charge in [0.25, 0.3) is 0 Å². The molecule has 0 aromatic heterocycles. The lowest BCUT2D eigenvalue weighted by atomic mass is 9.73. The van der Waals surface area contributed by atoms with Crippen molar-refractivity contribution in [2.75, 3.05) is 0 Å². The third-order valence-electron chi connectivity index (χ3n) is 6.30. The van der Waals surface area contributed by atoms with Gasteiger partial charge in [-0.2, -0.15) is 0 Å². The van der Waals surface area contributed by atoms with Crippen LogP contribution < -0.4 is 14.2 Å². The minimum Gasteiger partial charge on any atom is -0.427 e. The molecule has 0 heterocycles. The van der Waals surface area contributed by atoms with Crippen molar-refractivity contribution in [3.8, 4) is 17.2 Å². The zero-order chi connectivity index (χ0) is 26.7. The van der Waals surface area contributed by atoms with E-state index in [-0.39, 0.29) is 11.9 Å². The quantitative estimate of drug-likeness (QED) is 0.295. The van der Waals surface area contributed by atoms with Crippen LogP contribution in [0.25, 0.3) is 0 Å². The monoisotopic (exact) mass is 488 g/mol. The van der Waals surface area contributed by atoms with Gasteiger partial charge in [0.05, 0.1) is 0 Å². The van der Waals surface area contributed by atoms with Gasteiger partial charge in [-0.3, -0.25) is 14.4 Å². The molecule has 6 heteroatoms. The molecule has 0 amide bonds. The molecule has 0 aliphatic heterocycles. The van der Waals surface area contributed by atoms with Gasteiger partial charge in [-0.05, 0) is 47.0 Å². The number of hydrogen-bond acceptors (Lipinski definition) is 6. The van der Waals surface area contributed by atoms with Gasteiger partial charge in [0.1, 0.15) is 17.2 Å². The fraction of sp³-hybridized carbons (Fsp3) is 0.300. The largest absolute Gasteiger partial charge is 0.427 e. The van der Waals surface area contributed by atoms with Crippen LogP contribution in [0.5, 0.6) is 17.2 Å². The smallest absolute Gasteiger partial charge is 0.308 e. The molecule has 0 fully saturated rings. The van der Waals surface area contributed by atoms with Crippen molar-refractivity contribution < 1.29 is 28.6 Å². The summed E-state index contributed by atoms with van der Waals surface area (Å²) in [5.41, 5.74) is 2.94. The fourth-order valence-electron chi connectivity index (χ4n) is 4.18. The molecule has 6 nitrogen and oxygen atoms in total. The summed E-state index contributed by atoms with van der Waals surface area (Å²) in [4.78, 5) is 34.4. The molecular weight excluding hydrogens is 456 g/mol. The maximum atomic E-state index is 11.9. The number of hydrogen-bond donors (Lipinski definition) is 0. The highest BCUT2D eigenvalue weighted by Gasteiger charge is 2.31. The van der Waals surface area contributed by atoms with Crippen molar-refractivity contribution >= 4 is 17.9 Å². The molecule has 3 aromatic rings. The topological polar surface area (TPSA) is 78.9 Å². The molecule has 0 aliphatic rings. The molecule has 0 atom stereocenters. The second-order valence-electron chi connectivity index (χ2n) is 9.79. The Morgan fingerprint density at radius 1 is 0.528 bits per heavy atom. The summed E-state index contributed by atoms with van der Waals surface area (Å²) in [5, 5.41) is 0. The standard InChI is InChI=1S/C30H32O6/c1-19(31)34-25-13-8-22(9-14-25)29(4,5)24-12-17-28(36-21(3)33)27(18-24)30(6,7)23-10-15-26(16-11-23)35-20(2)32/h8-18H,1-7H3. The number of carbonyl (C=O) groups excluding carboxylic acids is 3. The maximum absolute atomic E-state index is 11.9. The number of rotatable bonds is 7. The van der Waals surface area contributed by atoms with Gasteiger partial charge in [-0.15, -0.1) is 0 Å². The van der Waals surface area contributed by atoms with Crippen molar-refractivity contribution in [2.24, 2.45) is 0 Å². The van der Waals surface area contributed by atoms with Gasteiger partial charge >= 0.3 is 17.9 Å². The third-order valence-corrected chi connectivity index (χ3v) is 6.30. The maximum Gasteiger partial charge on any atom is 0.308 e. The third kappa shape index (κ3) is 6.00. The van der Waals surface area contributed by atoms with E-state index in [1.807, 2.05) is 36.4 Å². The molecule has 0 unspecified atom stereocenters. The predicted octanol–water partition coefficient (Wildman–Crippen LogP) is 6.11. The minimum atomic E-state index is -0.537. The predicted molar refractivity (Wildman–Crippen MR) is 138 cm³/mol. The Bertz CT molecular complexity index is 1270. The molecule has 188 valence electrons. The van der Waals surface area contributed by atoms with Crippen molar-refractivity contribution in [1.82, 2.24) is 0 Å². The lowest BCUT2D eigenvalue weighted by Gasteiger charge is -2.32. The lowest BCUT2D eigenvalue weighted by molar-refractivity contribution is -0.132. The van der Waals surface area contributed by atoms with Crippen molar-refractivity contribution in [1.29, 1.82) is 0 Å². The van der Waals surface area contributed by atoms with Crippen LogP contribution in [0.2, 0.25) is 0 Å². The Balaban J connectivity index is 2.06. The average molecular weight is 489 g/mol. The van der Waals surface area contributed by atoms with E-state index >= 15 is 0 Å². The van der Waals surface area contributed by atoms with Crippen LogP contribution in [0.15, 0.2) is 66.7 Å². The van der Waals surface area contributed by atoms with Gasteiger partial charge in [-0.1, -0.05) is 64.1 Å². The molecule has 0 N–H and O–H groups in total. The number of benzene rings is 3. The molecule has 0 spiro atoms. The molecule has 0 bridgehead atoms.